The van der Waals surface area contributed by atoms with Gasteiger partial charge in [-0.25, -0.2) is 0 Å². The van der Waals surface area contributed by atoms with Gasteiger partial charge >= 0.3 is 0 Å². The zero-order valence-electron chi connectivity index (χ0n) is 11.1. The van der Waals surface area contributed by atoms with Gasteiger partial charge in [-0.1, -0.05) is 6.07 Å². The second kappa shape index (κ2) is 5.32. The number of nitrogens with two attached hydrogens (primary N) is 1. The van der Waals surface area contributed by atoms with Gasteiger partial charge in [0.25, 0.3) is 0 Å². The Morgan fingerprint density at radius 1 is 1.53 bits per heavy atom. The number of amides is 1. The lowest BCUT2D eigenvalue weighted by Crippen LogP contribution is -2.24. The summed E-state index contributed by atoms with van der Waals surface area (Å²) in [5, 5.41) is 10.2. The standard InChI is InChI=1S/C14H18N2O3/c1-3-19-11-6-4-5-10-13(11)12(8(2)16-10)9(7-17)14(15)18/h4-6,9,16-17H,3,7H2,1-2H3,(H2,15,18). The van der Waals surface area contributed by atoms with Gasteiger partial charge in [0.1, 0.15) is 5.75 Å². The summed E-state index contributed by atoms with van der Waals surface area (Å²) in [6, 6.07) is 5.63. The summed E-state index contributed by atoms with van der Waals surface area (Å²) in [7, 11) is 0. The molecule has 0 spiro atoms. The summed E-state index contributed by atoms with van der Waals surface area (Å²) in [4.78, 5) is 14.7. The zero-order valence-corrected chi connectivity index (χ0v) is 11.1. The number of rotatable bonds is 5. The average Bonchev–Trinajstić information content (AvgIpc) is 2.68. The van der Waals surface area contributed by atoms with Crippen LogP contribution < -0.4 is 10.5 Å². The lowest BCUT2D eigenvalue weighted by atomic mass is 9.96. The van der Waals surface area contributed by atoms with E-state index in [1.165, 1.54) is 0 Å². The summed E-state index contributed by atoms with van der Waals surface area (Å²) in [6.07, 6.45) is 0. The predicted octanol–water partition coefficient (Wildman–Crippen LogP) is 1.44. The van der Waals surface area contributed by atoms with Gasteiger partial charge in [0, 0.05) is 16.6 Å². The minimum Gasteiger partial charge on any atom is -0.493 e. The van der Waals surface area contributed by atoms with Crippen molar-refractivity contribution < 1.29 is 14.6 Å². The monoisotopic (exact) mass is 262 g/mol. The Balaban J connectivity index is 2.71. The van der Waals surface area contributed by atoms with Gasteiger partial charge in [0.2, 0.25) is 5.91 Å². The number of nitrogens with one attached hydrogen (secondary N) is 1. The molecule has 5 nitrogen and oxygen atoms in total. The van der Waals surface area contributed by atoms with E-state index in [1.54, 1.807) is 0 Å². The number of aliphatic hydroxyl groups excluding tert-OH is 1. The number of aromatic nitrogens is 1. The van der Waals surface area contributed by atoms with Crippen LogP contribution in [0.15, 0.2) is 18.2 Å². The molecule has 1 aromatic carbocycles. The number of hydrogen-bond donors (Lipinski definition) is 3. The number of aliphatic hydroxyl groups is 1. The van der Waals surface area contributed by atoms with E-state index in [1.807, 2.05) is 32.0 Å². The Labute approximate surface area is 111 Å². The van der Waals surface area contributed by atoms with Gasteiger partial charge < -0.3 is 20.6 Å². The third-order valence-corrected chi connectivity index (χ3v) is 3.20. The normalized spacial score (nSPS) is 12.6. The lowest BCUT2D eigenvalue weighted by molar-refractivity contribution is -0.120. The summed E-state index contributed by atoms with van der Waals surface area (Å²) in [5.74, 6) is -0.577. The summed E-state index contributed by atoms with van der Waals surface area (Å²) in [6.45, 7) is 3.97. The van der Waals surface area contributed by atoms with E-state index in [4.69, 9.17) is 10.5 Å². The smallest absolute Gasteiger partial charge is 0.227 e. The second-order valence-corrected chi connectivity index (χ2v) is 4.41. The number of ether oxygens (including phenoxy) is 1. The Bertz CT molecular complexity index is 604. The van der Waals surface area contributed by atoms with Crippen molar-refractivity contribution in [2.75, 3.05) is 13.2 Å². The van der Waals surface area contributed by atoms with Crippen LogP contribution in [0, 0.1) is 6.92 Å². The molecule has 0 bridgehead atoms. The highest BCUT2D eigenvalue weighted by Crippen LogP contribution is 2.35. The molecule has 0 saturated carbocycles. The van der Waals surface area contributed by atoms with Crippen LogP contribution in [0.2, 0.25) is 0 Å². The molecule has 0 aliphatic carbocycles. The number of aryl methyl sites for hydroxylation is 1. The van der Waals surface area contributed by atoms with E-state index < -0.39 is 11.8 Å². The van der Waals surface area contributed by atoms with Crippen molar-refractivity contribution in [3.63, 3.8) is 0 Å². The van der Waals surface area contributed by atoms with E-state index >= 15 is 0 Å². The van der Waals surface area contributed by atoms with E-state index in [-0.39, 0.29) is 6.61 Å². The van der Waals surface area contributed by atoms with Gasteiger partial charge in [0.05, 0.1) is 19.1 Å². The second-order valence-electron chi connectivity index (χ2n) is 4.41. The van der Waals surface area contributed by atoms with Gasteiger partial charge in [0.15, 0.2) is 0 Å². The largest absolute Gasteiger partial charge is 0.493 e. The third-order valence-electron chi connectivity index (χ3n) is 3.20. The highest BCUT2D eigenvalue weighted by atomic mass is 16.5. The molecule has 102 valence electrons. The Hall–Kier alpha value is -2.01. The van der Waals surface area contributed by atoms with Crippen LogP contribution in [-0.4, -0.2) is 29.2 Å². The molecular weight excluding hydrogens is 244 g/mol. The maximum Gasteiger partial charge on any atom is 0.227 e. The quantitative estimate of drug-likeness (QED) is 0.761. The topological polar surface area (TPSA) is 88.3 Å². The first-order chi connectivity index (χ1) is 9.10. The molecule has 0 aliphatic heterocycles. The molecule has 1 atom stereocenters. The van der Waals surface area contributed by atoms with E-state index in [0.29, 0.717) is 17.9 Å². The van der Waals surface area contributed by atoms with Crippen molar-refractivity contribution in [2.24, 2.45) is 5.73 Å². The van der Waals surface area contributed by atoms with Crippen LogP contribution in [0.4, 0.5) is 0 Å². The van der Waals surface area contributed by atoms with Crippen molar-refractivity contribution >= 4 is 16.8 Å². The molecule has 1 unspecified atom stereocenters. The summed E-state index contributed by atoms with van der Waals surface area (Å²) < 4.78 is 5.59. The fourth-order valence-corrected chi connectivity index (χ4v) is 2.40. The van der Waals surface area contributed by atoms with Gasteiger partial charge in [-0.15, -0.1) is 0 Å². The average molecular weight is 262 g/mol. The molecule has 4 N–H and O–H groups in total. The minimum atomic E-state index is -0.727. The number of benzene rings is 1. The molecular formula is C14H18N2O3. The van der Waals surface area contributed by atoms with Crippen LogP contribution in [0.5, 0.6) is 5.75 Å². The number of carbonyl (C=O) groups excluding carboxylic acids is 1. The number of primary amides is 1. The van der Waals surface area contributed by atoms with Crippen LogP contribution in [-0.2, 0) is 4.79 Å². The first kappa shape index (κ1) is 13.4. The number of fused-ring (bicyclic) bond motifs is 1. The molecule has 0 radical (unpaired) electrons. The number of aromatic amines is 1. The van der Waals surface area contributed by atoms with Crippen LogP contribution in [0.3, 0.4) is 0 Å². The summed E-state index contributed by atoms with van der Waals surface area (Å²) >= 11 is 0. The molecule has 1 amide bonds. The van der Waals surface area contributed by atoms with Crippen molar-refractivity contribution in [2.45, 2.75) is 19.8 Å². The SMILES string of the molecule is CCOc1cccc2[nH]c(C)c(C(CO)C(N)=O)c12. The Kier molecular flexibility index (Phi) is 3.76. The van der Waals surface area contributed by atoms with E-state index in [2.05, 4.69) is 4.98 Å². The Morgan fingerprint density at radius 3 is 2.84 bits per heavy atom. The highest BCUT2D eigenvalue weighted by molar-refractivity contribution is 5.96. The Morgan fingerprint density at radius 2 is 2.26 bits per heavy atom. The highest BCUT2D eigenvalue weighted by Gasteiger charge is 2.25. The molecule has 2 rings (SSSR count). The van der Waals surface area contributed by atoms with E-state index in [0.717, 1.165) is 16.6 Å². The van der Waals surface area contributed by atoms with Crippen LogP contribution in [0.1, 0.15) is 24.1 Å². The third kappa shape index (κ3) is 2.29. The zero-order chi connectivity index (χ0) is 14.0. The van der Waals surface area contributed by atoms with Crippen LogP contribution in [0.25, 0.3) is 10.9 Å². The fourth-order valence-electron chi connectivity index (χ4n) is 2.40. The molecule has 2 aromatic rings. The molecule has 0 saturated heterocycles. The lowest BCUT2D eigenvalue weighted by Gasteiger charge is -2.13. The summed E-state index contributed by atoms with van der Waals surface area (Å²) in [5.41, 5.74) is 7.78. The first-order valence-electron chi connectivity index (χ1n) is 6.24. The fraction of sp³-hybridized carbons (Fsp3) is 0.357. The van der Waals surface area contributed by atoms with Crippen molar-refractivity contribution in [3.05, 3.63) is 29.5 Å². The number of carbonyl (C=O) groups is 1. The van der Waals surface area contributed by atoms with Crippen molar-refractivity contribution in [1.82, 2.24) is 4.98 Å². The number of hydrogen-bond acceptors (Lipinski definition) is 3. The predicted molar refractivity (Wildman–Crippen MR) is 73.2 cm³/mol. The first-order valence-corrected chi connectivity index (χ1v) is 6.24. The van der Waals surface area contributed by atoms with Gasteiger partial charge in [-0.2, -0.15) is 0 Å². The molecule has 19 heavy (non-hydrogen) atoms. The number of H-pyrrole nitrogens is 1. The molecule has 0 fully saturated rings. The van der Waals surface area contributed by atoms with Crippen LogP contribution >= 0.6 is 0 Å². The molecule has 1 heterocycles. The van der Waals surface area contributed by atoms with E-state index in [9.17, 15) is 9.90 Å². The van der Waals surface area contributed by atoms with Gasteiger partial charge in [-0.05, 0) is 31.5 Å². The molecule has 5 heteroatoms. The van der Waals surface area contributed by atoms with Crippen molar-refractivity contribution in [1.29, 1.82) is 0 Å². The molecule has 1 aromatic heterocycles. The maximum atomic E-state index is 11.5. The van der Waals surface area contributed by atoms with Gasteiger partial charge in [-0.3, -0.25) is 4.79 Å². The maximum absolute atomic E-state index is 11.5. The molecule has 0 aliphatic rings. The van der Waals surface area contributed by atoms with Crippen molar-refractivity contribution in [3.8, 4) is 5.75 Å². The minimum absolute atomic E-state index is 0.316.